The lowest BCUT2D eigenvalue weighted by molar-refractivity contribution is -0.143. The van der Waals surface area contributed by atoms with Crippen molar-refractivity contribution < 1.29 is 9.59 Å². The van der Waals surface area contributed by atoms with E-state index in [1.807, 2.05) is 4.90 Å². The normalized spacial score (nSPS) is 33.5. The molecule has 22 heavy (non-hydrogen) atoms. The summed E-state index contributed by atoms with van der Waals surface area (Å²) in [5.74, 6) is 1.50. The molecule has 0 radical (unpaired) electrons. The van der Waals surface area contributed by atoms with E-state index in [1.165, 1.54) is 12.8 Å². The van der Waals surface area contributed by atoms with Gasteiger partial charge in [0.25, 0.3) is 0 Å². The van der Waals surface area contributed by atoms with Gasteiger partial charge in [0.05, 0.1) is 5.92 Å². The van der Waals surface area contributed by atoms with Crippen LogP contribution in [-0.4, -0.2) is 47.3 Å². The monoisotopic (exact) mass is 306 g/mol. The molecule has 3 atom stereocenters. The first-order valence-electron chi connectivity index (χ1n) is 9.15. The summed E-state index contributed by atoms with van der Waals surface area (Å²) in [6.07, 6.45) is 7.60. The lowest BCUT2D eigenvalue weighted by atomic mass is 9.95. The van der Waals surface area contributed by atoms with E-state index in [0.717, 1.165) is 45.2 Å². The molecule has 2 amide bonds. The molecule has 0 spiro atoms. The quantitative estimate of drug-likeness (QED) is 0.787. The Kier molecular flexibility index (Phi) is 4.74. The molecular formula is C18H30N2O2. The highest BCUT2D eigenvalue weighted by Gasteiger charge is 2.38. The van der Waals surface area contributed by atoms with Gasteiger partial charge in [0.15, 0.2) is 0 Å². The van der Waals surface area contributed by atoms with E-state index in [2.05, 4.69) is 18.7 Å². The number of amides is 2. The molecule has 0 unspecified atom stereocenters. The highest BCUT2D eigenvalue weighted by Crippen LogP contribution is 2.33. The Morgan fingerprint density at radius 3 is 2.32 bits per heavy atom. The highest BCUT2D eigenvalue weighted by atomic mass is 16.2. The van der Waals surface area contributed by atoms with Crippen molar-refractivity contribution >= 4 is 11.8 Å². The van der Waals surface area contributed by atoms with Gasteiger partial charge in [-0.15, -0.1) is 0 Å². The summed E-state index contributed by atoms with van der Waals surface area (Å²) in [4.78, 5) is 29.4. The van der Waals surface area contributed by atoms with E-state index in [9.17, 15) is 9.59 Å². The highest BCUT2D eigenvalue weighted by molar-refractivity contribution is 5.83. The average molecular weight is 306 g/mol. The summed E-state index contributed by atoms with van der Waals surface area (Å²) >= 11 is 0. The molecule has 1 aliphatic carbocycles. The molecule has 3 rings (SSSR count). The van der Waals surface area contributed by atoms with E-state index >= 15 is 0 Å². The first-order chi connectivity index (χ1) is 10.6. The Morgan fingerprint density at radius 1 is 0.818 bits per heavy atom. The maximum absolute atomic E-state index is 13.0. The Hall–Kier alpha value is -1.06. The van der Waals surface area contributed by atoms with Gasteiger partial charge in [-0.2, -0.15) is 0 Å². The maximum Gasteiger partial charge on any atom is 0.227 e. The average Bonchev–Trinajstić information content (AvgIpc) is 3.36. The third-order valence-electron chi connectivity index (χ3n) is 5.65. The Morgan fingerprint density at radius 2 is 1.59 bits per heavy atom. The van der Waals surface area contributed by atoms with Gasteiger partial charge in [-0.3, -0.25) is 9.59 Å². The minimum Gasteiger partial charge on any atom is -0.342 e. The molecule has 1 saturated carbocycles. The second kappa shape index (κ2) is 6.59. The van der Waals surface area contributed by atoms with Gasteiger partial charge in [0, 0.05) is 31.6 Å². The van der Waals surface area contributed by atoms with E-state index in [4.69, 9.17) is 0 Å². The minimum atomic E-state index is 0.0317. The van der Waals surface area contributed by atoms with Gasteiger partial charge in [-0.1, -0.05) is 13.3 Å². The van der Waals surface area contributed by atoms with Crippen LogP contribution in [0.4, 0.5) is 0 Å². The van der Waals surface area contributed by atoms with E-state index in [1.54, 1.807) is 0 Å². The summed E-state index contributed by atoms with van der Waals surface area (Å²) in [6.45, 7) is 6.85. The van der Waals surface area contributed by atoms with Crippen molar-refractivity contribution in [3.05, 3.63) is 0 Å². The van der Waals surface area contributed by atoms with Crippen LogP contribution < -0.4 is 0 Å². The van der Waals surface area contributed by atoms with Crippen molar-refractivity contribution in [1.29, 1.82) is 0 Å². The maximum atomic E-state index is 13.0. The first-order valence-corrected chi connectivity index (χ1v) is 9.15. The molecule has 0 bridgehead atoms. The summed E-state index contributed by atoms with van der Waals surface area (Å²) in [7, 11) is 0. The lowest BCUT2D eigenvalue weighted by Gasteiger charge is -2.37. The Bertz CT molecular complexity index is 433. The van der Waals surface area contributed by atoms with Gasteiger partial charge in [0.2, 0.25) is 11.8 Å². The van der Waals surface area contributed by atoms with Gasteiger partial charge in [0.1, 0.15) is 0 Å². The SMILES string of the molecule is C[C@@H]1CCC[C@@H](C)N(C(=O)[C@H]2CCCN(C(=O)C3CC3)C2)C1. The first kappa shape index (κ1) is 15.8. The van der Waals surface area contributed by atoms with Crippen LogP contribution in [0.1, 0.15) is 58.8 Å². The van der Waals surface area contributed by atoms with Crippen LogP contribution in [0.2, 0.25) is 0 Å². The van der Waals surface area contributed by atoms with Crippen LogP contribution in [0.3, 0.4) is 0 Å². The van der Waals surface area contributed by atoms with Gasteiger partial charge >= 0.3 is 0 Å². The zero-order valence-corrected chi connectivity index (χ0v) is 14.1. The minimum absolute atomic E-state index is 0.0317. The molecule has 124 valence electrons. The fourth-order valence-electron chi connectivity index (χ4n) is 4.03. The molecule has 4 heteroatoms. The number of hydrogen-bond donors (Lipinski definition) is 0. The third-order valence-corrected chi connectivity index (χ3v) is 5.65. The summed E-state index contributed by atoms with van der Waals surface area (Å²) < 4.78 is 0. The summed E-state index contributed by atoms with van der Waals surface area (Å²) in [5.41, 5.74) is 0. The Balaban J connectivity index is 1.63. The Labute approximate surface area is 134 Å². The standard InChI is InChI=1S/C18H30N2O2/c1-13-5-3-6-14(2)20(11-13)18(22)16-7-4-10-19(12-16)17(21)15-8-9-15/h13-16H,3-12H2,1-2H3/t13-,14-,16+/m1/s1. The predicted molar refractivity (Wildman–Crippen MR) is 86.2 cm³/mol. The van der Waals surface area contributed by atoms with Gasteiger partial charge in [-0.25, -0.2) is 0 Å². The smallest absolute Gasteiger partial charge is 0.227 e. The van der Waals surface area contributed by atoms with E-state index in [0.29, 0.717) is 30.3 Å². The van der Waals surface area contributed by atoms with Crippen molar-refractivity contribution in [3.8, 4) is 0 Å². The van der Waals surface area contributed by atoms with Gasteiger partial charge < -0.3 is 9.80 Å². The summed E-state index contributed by atoms with van der Waals surface area (Å²) in [5, 5.41) is 0. The number of hydrogen-bond acceptors (Lipinski definition) is 2. The van der Waals surface area contributed by atoms with Gasteiger partial charge in [-0.05, 0) is 51.4 Å². The third kappa shape index (κ3) is 3.47. The number of likely N-dealkylation sites (tertiary alicyclic amines) is 2. The van der Waals surface area contributed by atoms with Crippen LogP contribution >= 0.6 is 0 Å². The number of rotatable bonds is 2. The zero-order chi connectivity index (χ0) is 15.7. The molecule has 0 aromatic rings. The molecule has 0 aromatic carbocycles. The molecular weight excluding hydrogens is 276 g/mol. The second-order valence-corrected chi connectivity index (χ2v) is 7.77. The number of piperidine rings is 1. The van der Waals surface area contributed by atoms with Crippen molar-refractivity contribution in [2.24, 2.45) is 17.8 Å². The number of nitrogens with zero attached hydrogens (tertiary/aromatic N) is 2. The summed E-state index contributed by atoms with van der Waals surface area (Å²) in [6, 6.07) is 0.354. The van der Waals surface area contributed by atoms with E-state index < -0.39 is 0 Å². The largest absolute Gasteiger partial charge is 0.342 e. The molecule has 3 aliphatic rings. The zero-order valence-electron chi connectivity index (χ0n) is 14.1. The number of carbonyl (C=O) groups is 2. The molecule has 2 saturated heterocycles. The molecule has 2 heterocycles. The number of carbonyl (C=O) groups excluding carboxylic acids is 2. The molecule has 3 fully saturated rings. The van der Waals surface area contributed by atoms with Crippen LogP contribution in [-0.2, 0) is 9.59 Å². The van der Waals surface area contributed by atoms with Crippen LogP contribution in [0.15, 0.2) is 0 Å². The predicted octanol–water partition coefficient (Wildman–Crippen LogP) is 2.67. The molecule has 4 nitrogen and oxygen atoms in total. The fraction of sp³-hybridized carbons (Fsp3) is 0.889. The van der Waals surface area contributed by atoms with Crippen LogP contribution in [0, 0.1) is 17.8 Å². The van der Waals surface area contributed by atoms with Crippen molar-refractivity contribution in [3.63, 3.8) is 0 Å². The lowest BCUT2D eigenvalue weighted by Crippen LogP contribution is -2.49. The van der Waals surface area contributed by atoms with Crippen molar-refractivity contribution in [1.82, 2.24) is 9.80 Å². The molecule has 0 aromatic heterocycles. The van der Waals surface area contributed by atoms with Crippen molar-refractivity contribution in [2.75, 3.05) is 19.6 Å². The van der Waals surface area contributed by atoms with Crippen molar-refractivity contribution in [2.45, 2.75) is 64.8 Å². The second-order valence-electron chi connectivity index (χ2n) is 7.77. The van der Waals surface area contributed by atoms with E-state index in [-0.39, 0.29) is 11.8 Å². The fourth-order valence-corrected chi connectivity index (χ4v) is 4.03. The van der Waals surface area contributed by atoms with Crippen LogP contribution in [0.25, 0.3) is 0 Å². The topological polar surface area (TPSA) is 40.6 Å². The van der Waals surface area contributed by atoms with Crippen LogP contribution in [0.5, 0.6) is 0 Å². The molecule has 0 N–H and O–H groups in total. The molecule has 2 aliphatic heterocycles.